The Kier molecular flexibility index (Phi) is 3.29. The van der Waals surface area contributed by atoms with E-state index >= 15 is 0 Å². The highest BCUT2D eigenvalue weighted by Crippen LogP contribution is 2.19. The molecule has 1 atom stereocenters. The van der Waals surface area contributed by atoms with Gasteiger partial charge in [0.15, 0.2) is 0 Å². The Hall–Kier alpha value is -1.29. The van der Waals surface area contributed by atoms with Crippen LogP contribution in [0.1, 0.15) is 22.3 Å². The van der Waals surface area contributed by atoms with Gasteiger partial charge in [0.2, 0.25) is 5.12 Å². The van der Waals surface area contributed by atoms with Crippen molar-refractivity contribution in [3.8, 4) is 0 Å². The summed E-state index contributed by atoms with van der Waals surface area (Å²) < 4.78 is 0. The molecule has 1 aliphatic heterocycles. The fourth-order valence-corrected chi connectivity index (χ4v) is 2.51. The van der Waals surface area contributed by atoms with Crippen LogP contribution in [-0.2, 0) is 4.79 Å². The molecule has 0 radical (unpaired) electrons. The van der Waals surface area contributed by atoms with Crippen molar-refractivity contribution in [1.82, 2.24) is 5.32 Å². The second kappa shape index (κ2) is 4.70. The maximum Gasteiger partial charge on any atom is 0.251 e. The first kappa shape index (κ1) is 11.2. The highest BCUT2D eigenvalue weighted by Gasteiger charge is 2.26. The molecule has 1 saturated heterocycles. The summed E-state index contributed by atoms with van der Waals surface area (Å²) in [6, 6.07) is 7.02. The van der Waals surface area contributed by atoms with Crippen LogP contribution in [0.15, 0.2) is 24.3 Å². The highest BCUT2D eigenvalue weighted by molar-refractivity contribution is 8.14. The molecule has 2 rings (SSSR count). The van der Waals surface area contributed by atoms with Gasteiger partial charge in [0.05, 0.1) is 6.04 Å². The van der Waals surface area contributed by atoms with Gasteiger partial charge in [-0.1, -0.05) is 29.5 Å². The lowest BCUT2D eigenvalue weighted by molar-refractivity contribution is -0.112. The van der Waals surface area contributed by atoms with Crippen LogP contribution < -0.4 is 5.32 Å². The van der Waals surface area contributed by atoms with Gasteiger partial charge in [-0.25, -0.2) is 0 Å². The fraction of sp³-hybridized carbons (Fsp3) is 0.333. The third-order valence-electron chi connectivity index (χ3n) is 2.55. The van der Waals surface area contributed by atoms with Crippen LogP contribution >= 0.6 is 11.8 Å². The van der Waals surface area contributed by atoms with Gasteiger partial charge in [-0.3, -0.25) is 9.59 Å². The zero-order valence-electron chi connectivity index (χ0n) is 9.03. The quantitative estimate of drug-likeness (QED) is 0.849. The molecule has 0 spiro atoms. The lowest BCUT2D eigenvalue weighted by atomic mass is 10.1. The summed E-state index contributed by atoms with van der Waals surface area (Å²) in [4.78, 5) is 23.1. The van der Waals surface area contributed by atoms with E-state index in [-0.39, 0.29) is 17.1 Å². The molecule has 1 heterocycles. The summed E-state index contributed by atoms with van der Waals surface area (Å²) in [5.41, 5.74) is 1.72. The molecule has 1 fully saturated rings. The van der Waals surface area contributed by atoms with Crippen LogP contribution in [0.5, 0.6) is 0 Å². The Labute approximate surface area is 98.6 Å². The standard InChI is InChI=1S/C12H13NO2S/c1-8-2-4-9(5-3-8)11(14)13-10-6-7-16-12(10)15/h2-5,10H,6-7H2,1H3,(H,13,14)/t10-/m1/s1. The van der Waals surface area contributed by atoms with E-state index in [0.29, 0.717) is 5.56 Å². The van der Waals surface area contributed by atoms with E-state index in [2.05, 4.69) is 5.32 Å². The lowest BCUT2D eigenvalue weighted by Gasteiger charge is -2.09. The number of hydrogen-bond acceptors (Lipinski definition) is 3. The maximum absolute atomic E-state index is 11.8. The smallest absolute Gasteiger partial charge is 0.251 e. The summed E-state index contributed by atoms with van der Waals surface area (Å²) in [6.45, 7) is 1.97. The lowest BCUT2D eigenvalue weighted by Crippen LogP contribution is -2.37. The molecule has 1 aromatic carbocycles. The third kappa shape index (κ3) is 2.44. The number of nitrogens with one attached hydrogen (secondary N) is 1. The van der Waals surface area contributed by atoms with E-state index in [1.165, 1.54) is 11.8 Å². The molecule has 0 saturated carbocycles. The second-order valence-corrected chi connectivity index (χ2v) is 4.95. The van der Waals surface area contributed by atoms with E-state index in [0.717, 1.165) is 17.7 Å². The third-order valence-corrected chi connectivity index (χ3v) is 3.56. The van der Waals surface area contributed by atoms with Crippen LogP contribution in [0.2, 0.25) is 0 Å². The van der Waals surface area contributed by atoms with Crippen LogP contribution in [0.25, 0.3) is 0 Å². The average Bonchev–Trinajstić information content (AvgIpc) is 2.65. The van der Waals surface area contributed by atoms with Crippen LogP contribution in [0, 0.1) is 6.92 Å². The largest absolute Gasteiger partial charge is 0.341 e. The molecule has 84 valence electrons. The molecular formula is C12H13NO2S. The van der Waals surface area contributed by atoms with Crippen molar-refractivity contribution in [2.45, 2.75) is 19.4 Å². The summed E-state index contributed by atoms with van der Waals surface area (Å²) >= 11 is 1.29. The first-order valence-electron chi connectivity index (χ1n) is 5.21. The van der Waals surface area contributed by atoms with Gasteiger partial charge >= 0.3 is 0 Å². The van der Waals surface area contributed by atoms with Crippen LogP contribution in [0.4, 0.5) is 0 Å². The van der Waals surface area contributed by atoms with Gasteiger partial charge in [-0.2, -0.15) is 0 Å². The SMILES string of the molecule is Cc1ccc(C(=O)N[C@@H]2CCSC2=O)cc1. The van der Waals surface area contributed by atoms with E-state index in [1.54, 1.807) is 12.1 Å². The van der Waals surface area contributed by atoms with Gasteiger partial charge in [-0.15, -0.1) is 0 Å². The Morgan fingerprint density at radius 3 is 2.62 bits per heavy atom. The van der Waals surface area contributed by atoms with Crippen LogP contribution in [0.3, 0.4) is 0 Å². The molecule has 0 aromatic heterocycles. The van der Waals surface area contributed by atoms with Crippen molar-refractivity contribution in [2.75, 3.05) is 5.75 Å². The van der Waals surface area contributed by atoms with E-state index < -0.39 is 0 Å². The summed E-state index contributed by atoms with van der Waals surface area (Å²) in [6.07, 6.45) is 0.737. The van der Waals surface area contributed by atoms with Crippen LogP contribution in [-0.4, -0.2) is 22.8 Å². The number of hydrogen-bond donors (Lipinski definition) is 1. The van der Waals surface area contributed by atoms with Gasteiger partial charge in [-0.05, 0) is 25.5 Å². The molecular weight excluding hydrogens is 222 g/mol. The van der Waals surface area contributed by atoms with E-state index in [9.17, 15) is 9.59 Å². The molecule has 1 N–H and O–H groups in total. The zero-order chi connectivity index (χ0) is 11.5. The summed E-state index contributed by atoms with van der Waals surface area (Å²) in [5.74, 6) is 0.637. The number of aryl methyl sites for hydroxylation is 1. The maximum atomic E-state index is 11.8. The minimum atomic E-state index is -0.307. The molecule has 1 aliphatic rings. The Morgan fingerprint density at radius 1 is 1.38 bits per heavy atom. The van der Waals surface area contributed by atoms with Gasteiger partial charge < -0.3 is 5.32 Å². The summed E-state index contributed by atoms with van der Waals surface area (Å²) in [5, 5.41) is 2.82. The van der Waals surface area contributed by atoms with Gasteiger partial charge in [0.1, 0.15) is 0 Å². The number of amides is 1. The van der Waals surface area contributed by atoms with Crippen molar-refractivity contribution >= 4 is 22.8 Å². The van der Waals surface area contributed by atoms with Crippen molar-refractivity contribution < 1.29 is 9.59 Å². The number of thioether (sulfide) groups is 1. The van der Waals surface area contributed by atoms with E-state index in [4.69, 9.17) is 0 Å². The highest BCUT2D eigenvalue weighted by atomic mass is 32.2. The van der Waals surface area contributed by atoms with Crippen molar-refractivity contribution in [2.24, 2.45) is 0 Å². The molecule has 1 amide bonds. The predicted molar refractivity (Wildman–Crippen MR) is 64.5 cm³/mol. The molecule has 3 nitrogen and oxygen atoms in total. The van der Waals surface area contributed by atoms with E-state index in [1.807, 2.05) is 19.1 Å². The van der Waals surface area contributed by atoms with Gasteiger partial charge in [0.25, 0.3) is 5.91 Å². The second-order valence-electron chi connectivity index (χ2n) is 3.85. The number of carbonyl (C=O) groups excluding carboxylic acids is 2. The molecule has 0 unspecified atom stereocenters. The average molecular weight is 235 g/mol. The molecule has 16 heavy (non-hydrogen) atoms. The Balaban J connectivity index is 2.02. The number of rotatable bonds is 2. The first-order valence-corrected chi connectivity index (χ1v) is 6.19. The topological polar surface area (TPSA) is 46.2 Å². The first-order chi connectivity index (χ1) is 7.66. The fourth-order valence-electron chi connectivity index (χ4n) is 1.57. The molecule has 1 aromatic rings. The van der Waals surface area contributed by atoms with Crippen molar-refractivity contribution in [3.63, 3.8) is 0 Å². The molecule has 0 bridgehead atoms. The summed E-state index contributed by atoms with van der Waals surface area (Å²) in [7, 11) is 0. The minimum Gasteiger partial charge on any atom is -0.341 e. The Morgan fingerprint density at radius 2 is 2.06 bits per heavy atom. The monoisotopic (exact) mass is 235 g/mol. The van der Waals surface area contributed by atoms with Gasteiger partial charge in [0, 0.05) is 11.3 Å². The minimum absolute atomic E-state index is 0.0699. The zero-order valence-corrected chi connectivity index (χ0v) is 9.84. The predicted octanol–water partition coefficient (Wildman–Crippen LogP) is 1.76. The normalized spacial score (nSPS) is 19.8. The Bertz CT molecular complexity index is 414. The van der Waals surface area contributed by atoms with Crippen molar-refractivity contribution in [1.29, 1.82) is 0 Å². The number of carbonyl (C=O) groups is 2. The van der Waals surface area contributed by atoms with Crippen molar-refractivity contribution in [3.05, 3.63) is 35.4 Å². The number of benzene rings is 1. The molecule has 0 aliphatic carbocycles. The molecule has 4 heteroatoms.